The van der Waals surface area contributed by atoms with Gasteiger partial charge in [0.2, 0.25) is 5.91 Å². The van der Waals surface area contributed by atoms with Gasteiger partial charge in [-0.2, -0.15) is 0 Å². The van der Waals surface area contributed by atoms with Gasteiger partial charge in [-0.1, -0.05) is 18.2 Å². The van der Waals surface area contributed by atoms with E-state index >= 15 is 0 Å². The summed E-state index contributed by atoms with van der Waals surface area (Å²) in [7, 11) is 1.98. The van der Waals surface area contributed by atoms with E-state index in [-0.39, 0.29) is 11.9 Å². The summed E-state index contributed by atoms with van der Waals surface area (Å²) in [6.07, 6.45) is 8.63. The maximum absolute atomic E-state index is 13.0. The second-order valence-corrected chi connectivity index (χ2v) is 6.72. The van der Waals surface area contributed by atoms with Crippen molar-refractivity contribution in [1.29, 1.82) is 0 Å². The topological polar surface area (TPSA) is 63.1 Å². The number of nitrogens with zero attached hydrogens (tertiary/aromatic N) is 4. The van der Waals surface area contributed by atoms with Crippen LogP contribution in [0.15, 0.2) is 49.1 Å². The first-order valence-electron chi connectivity index (χ1n) is 9.03. The van der Waals surface area contributed by atoms with Crippen LogP contribution in [0.4, 0.5) is 0 Å². The Bertz CT molecular complexity index is 914. The molecule has 1 N–H and O–H groups in total. The lowest BCUT2D eigenvalue weighted by Gasteiger charge is -2.36. The van der Waals surface area contributed by atoms with Gasteiger partial charge in [-0.25, -0.2) is 4.98 Å². The van der Waals surface area contributed by atoms with Crippen LogP contribution < -0.4 is 5.32 Å². The van der Waals surface area contributed by atoms with Gasteiger partial charge in [-0.3, -0.25) is 9.78 Å². The molecule has 0 spiro atoms. The van der Waals surface area contributed by atoms with Crippen molar-refractivity contribution in [3.05, 3.63) is 60.4 Å². The van der Waals surface area contributed by atoms with Gasteiger partial charge in [0.05, 0.1) is 0 Å². The molecule has 1 aliphatic heterocycles. The number of hydrogen-bond acceptors (Lipinski definition) is 4. The third-order valence-corrected chi connectivity index (χ3v) is 5.10. The van der Waals surface area contributed by atoms with E-state index < -0.39 is 0 Å². The first-order valence-corrected chi connectivity index (χ1v) is 9.03. The van der Waals surface area contributed by atoms with Gasteiger partial charge < -0.3 is 14.8 Å². The molecule has 1 aliphatic rings. The Morgan fingerprint density at radius 1 is 1.31 bits per heavy atom. The predicted molar refractivity (Wildman–Crippen MR) is 101 cm³/mol. The molecule has 3 aromatic rings. The van der Waals surface area contributed by atoms with Crippen molar-refractivity contribution in [2.75, 3.05) is 19.6 Å². The van der Waals surface area contributed by atoms with E-state index in [4.69, 9.17) is 0 Å². The summed E-state index contributed by atoms with van der Waals surface area (Å²) >= 11 is 0. The molecule has 0 bridgehead atoms. The summed E-state index contributed by atoms with van der Waals surface area (Å²) < 4.78 is 2.00. The number of nitrogens with one attached hydrogen (secondary N) is 1. The summed E-state index contributed by atoms with van der Waals surface area (Å²) in [5.74, 6) is 1.12. The zero-order valence-electron chi connectivity index (χ0n) is 14.9. The zero-order valence-corrected chi connectivity index (χ0v) is 14.9. The van der Waals surface area contributed by atoms with Crippen LogP contribution in [0.5, 0.6) is 0 Å². The smallest absolute Gasteiger partial charge is 0.223 e. The van der Waals surface area contributed by atoms with Crippen molar-refractivity contribution in [2.24, 2.45) is 7.05 Å². The molecular formula is C20H23N5O. The highest BCUT2D eigenvalue weighted by atomic mass is 16.2. The lowest BCUT2D eigenvalue weighted by Crippen LogP contribution is -2.49. The number of carbonyl (C=O) groups excluding carboxylic acids is 1. The maximum atomic E-state index is 13.0. The van der Waals surface area contributed by atoms with Crippen molar-refractivity contribution >= 4 is 16.7 Å². The van der Waals surface area contributed by atoms with Crippen LogP contribution in [0.3, 0.4) is 0 Å². The third-order valence-electron chi connectivity index (χ3n) is 5.10. The van der Waals surface area contributed by atoms with E-state index in [9.17, 15) is 4.79 Å². The predicted octanol–water partition coefficient (Wildman–Crippen LogP) is 2.07. The van der Waals surface area contributed by atoms with Crippen molar-refractivity contribution in [3.8, 4) is 0 Å². The summed E-state index contributed by atoms with van der Waals surface area (Å²) in [6.45, 7) is 2.29. The van der Waals surface area contributed by atoms with Gasteiger partial charge in [-0.05, 0) is 23.4 Å². The Morgan fingerprint density at radius 2 is 2.23 bits per heavy atom. The van der Waals surface area contributed by atoms with Crippen LogP contribution in [-0.4, -0.2) is 45.0 Å². The normalized spacial score (nSPS) is 17.6. The van der Waals surface area contributed by atoms with Gasteiger partial charge in [0.15, 0.2) is 0 Å². The molecule has 3 heterocycles. The molecule has 2 aromatic heterocycles. The summed E-state index contributed by atoms with van der Waals surface area (Å²) in [6, 6.07) is 8.21. The van der Waals surface area contributed by atoms with Gasteiger partial charge >= 0.3 is 0 Å². The van der Waals surface area contributed by atoms with Crippen molar-refractivity contribution in [1.82, 2.24) is 24.8 Å². The number of amides is 1. The van der Waals surface area contributed by atoms with E-state index in [1.807, 2.05) is 41.0 Å². The second kappa shape index (κ2) is 7.25. The number of pyridine rings is 1. The molecule has 26 heavy (non-hydrogen) atoms. The third kappa shape index (κ3) is 3.20. The zero-order chi connectivity index (χ0) is 17.9. The standard InChI is InChI=1S/C20H23N5O/c1-24-11-10-23-20(24)18-14-22-9-12-25(18)19(26)6-5-15-3-2-4-16-13-21-8-7-17(15)16/h2-4,7-8,10-11,13,18,22H,5-6,9,12,14H2,1H3. The molecule has 6 nitrogen and oxygen atoms in total. The van der Waals surface area contributed by atoms with Crippen molar-refractivity contribution in [3.63, 3.8) is 0 Å². The van der Waals surface area contributed by atoms with Crippen LogP contribution >= 0.6 is 0 Å². The number of aromatic nitrogens is 3. The van der Waals surface area contributed by atoms with Crippen LogP contribution in [0.1, 0.15) is 23.9 Å². The molecule has 1 unspecified atom stereocenters. The van der Waals surface area contributed by atoms with Crippen molar-refractivity contribution in [2.45, 2.75) is 18.9 Å². The van der Waals surface area contributed by atoms with Crippen LogP contribution in [-0.2, 0) is 18.3 Å². The monoisotopic (exact) mass is 349 g/mol. The van der Waals surface area contributed by atoms with E-state index in [2.05, 4.69) is 27.4 Å². The summed E-state index contributed by atoms with van der Waals surface area (Å²) in [4.78, 5) is 23.6. The van der Waals surface area contributed by atoms with Gasteiger partial charge in [0.25, 0.3) is 0 Å². The molecule has 1 saturated heterocycles. The van der Waals surface area contributed by atoms with E-state index in [1.165, 1.54) is 10.9 Å². The minimum absolute atomic E-state index is 0.00651. The van der Waals surface area contributed by atoms with E-state index in [1.54, 1.807) is 12.4 Å². The molecular weight excluding hydrogens is 326 g/mol. The highest BCUT2D eigenvalue weighted by molar-refractivity contribution is 5.85. The number of fused-ring (bicyclic) bond motifs is 1. The Balaban J connectivity index is 1.50. The number of rotatable bonds is 4. The summed E-state index contributed by atoms with van der Waals surface area (Å²) in [5.41, 5.74) is 1.20. The van der Waals surface area contributed by atoms with E-state index in [0.29, 0.717) is 6.42 Å². The second-order valence-electron chi connectivity index (χ2n) is 6.72. The number of benzene rings is 1. The molecule has 0 aliphatic carbocycles. The fourth-order valence-electron chi connectivity index (χ4n) is 3.72. The Labute approximate surface area is 152 Å². The Morgan fingerprint density at radius 3 is 3.08 bits per heavy atom. The fraction of sp³-hybridized carbons (Fsp3) is 0.350. The fourth-order valence-corrected chi connectivity index (χ4v) is 3.72. The van der Waals surface area contributed by atoms with Crippen molar-refractivity contribution < 1.29 is 4.79 Å². The highest BCUT2D eigenvalue weighted by Gasteiger charge is 2.30. The van der Waals surface area contributed by atoms with Crippen LogP contribution in [0.25, 0.3) is 10.8 Å². The first kappa shape index (κ1) is 16.7. The molecule has 1 aromatic carbocycles. The lowest BCUT2D eigenvalue weighted by molar-refractivity contribution is -0.134. The Kier molecular flexibility index (Phi) is 4.67. The molecule has 1 atom stereocenters. The first-order chi connectivity index (χ1) is 12.7. The number of piperazine rings is 1. The van der Waals surface area contributed by atoms with Crippen LogP contribution in [0.2, 0.25) is 0 Å². The number of carbonyl (C=O) groups is 1. The largest absolute Gasteiger partial charge is 0.336 e. The minimum Gasteiger partial charge on any atom is -0.336 e. The highest BCUT2D eigenvalue weighted by Crippen LogP contribution is 2.23. The van der Waals surface area contributed by atoms with Gasteiger partial charge in [-0.15, -0.1) is 0 Å². The lowest BCUT2D eigenvalue weighted by atomic mass is 10.0. The number of aryl methyl sites for hydroxylation is 2. The molecule has 0 saturated carbocycles. The number of imidazole rings is 1. The molecule has 4 rings (SSSR count). The summed E-state index contributed by atoms with van der Waals surface area (Å²) in [5, 5.41) is 5.67. The maximum Gasteiger partial charge on any atom is 0.223 e. The van der Waals surface area contributed by atoms with Crippen LogP contribution in [0, 0.1) is 0 Å². The SMILES string of the molecule is Cn1ccnc1C1CNCCN1C(=O)CCc1cccc2cnccc12. The molecule has 6 heteroatoms. The minimum atomic E-state index is -0.00651. The number of hydrogen-bond donors (Lipinski definition) is 1. The van der Waals surface area contributed by atoms with E-state index in [0.717, 1.165) is 37.3 Å². The van der Waals surface area contributed by atoms with Gasteiger partial charge in [0, 0.05) is 63.3 Å². The molecule has 1 fully saturated rings. The average molecular weight is 349 g/mol. The molecule has 134 valence electrons. The van der Waals surface area contributed by atoms with Gasteiger partial charge in [0.1, 0.15) is 11.9 Å². The quantitative estimate of drug-likeness (QED) is 0.783. The molecule has 1 amide bonds. The molecule has 0 radical (unpaired) electrons. The Hall–Kier alpha value is -2.73. The average Bonchev–Trinajstić information content (AvgIpc) is 3.12.